The molecule has 0 aliphatic heterocycles. The summed E-state index contributed by atoms with van der Waals surface area (Å²) >= 11 is 0. The average Bonchev–Trinajstić information content (AvgIpc) is 2.38. The van der Waals surface area contributed by atoms with Crippen molar-refractivity contribution in [1.82, 2.24) is 9.88 Å². The Kier molecular flexibility index (Phi) is 5.53. The van der Waals surface area contributed by atoms with Gasteiger partial charge in [-0.3, -0.25) is 14.6 Å². The lowest BCUT2D eigenvalue weighted by molar-refractivity contribution is -0.143. The van der Waals surface area contributed by atoms with E-state index >= 15 is 0 Å². The molecular weight excluding hydrogens is 248 g/mol. The Labute approximate surface area is 111 Å². The fraction of sp³-hybridized carbons (Fsp3) is 0.308. The number of hydrogen-bond donors (Lipinski definition) is 1. The molecule has 19 heavy (non-hydrogen) atoms. The van der Waals surface area contributed by atoms with Crippen LogP contribution in [0.1, 0.15) is 17.3 Å². The third-order valence-corrected chi connectivity index (χ3v) is 2.29. The number of nitrogens with zero attached hydrogens (tertiary/aromatic N) is 2. The summed E-state index contributed by atoms with van der Waals surface area (Å²) in [6.45, 7) is 5.45. The Morgan fingerprint density at radius 1 is 1.58 bits per heavy atom. The topological polar surface area (TPSA) is 79.7 Å². The van der Waals surface area contributed by atoms with Gasteiger partial charge in [-0.25, -0.2) is 0 Å². The molecule has 1 heterocycles. The van der Waals surface area contributed by atoms with Gasteiger partial charge in [0.15, 0.2) is 0 Å². The highest BCUT2D eigenvalue weighted by molar-refractivity contribution is 5.98. The lowest BCUT2D eigenvalue weighted by Gasteiger charge is -2.20. The quantitative estimate of drug-likeness (QED) is 0.612. The van der Waals surface area contributed by atoms with Gasteiger partial charge in [-0.2, -0.15) is 0 Å². The van der Waals surface area contributed by atoms with Crippen molar-refractivity contribution >= 4 is 11.9 Å². The number of rotatable bonds is 6. The van der Waals surface area contributed by atoms with E-state index in [1.807, 2.05) is 0 Å². The standard InChI is InChI=1S/C13H16N2O4/c1-3-7-15(9-12(17)19-4-2)13(18)10-5-6-14-8-11(10)16/h3,5-6,8,16H,1,4,7,9H2,2H3. The van der Waals surface area contributed by atoms with Crippen LogP contribution in [0.3, 0.4) is 0 Å². The van der Waals surface area contributed by atoms with Gasteiger partial charge in [-0.05, 0) is 13.0 Å². The molecule has 6 nitrogen and oxygen atoms in total. The number of ether oxygens (including phenoxy) is 1. The van der Waals surface area contributed by atoms with E-state index in [2.05, 4.69) is 11.6 Å². The van der Waals surface area contributed by atoms with Crippen LogP contribution < -0.4 is 0 Å². The van der Waals surface area contributed by atoms with Crippen LogP contribution in [-0.2, 0) is 9.53 Å². The number of esters is 1. The van der Waals surface area contributed by atoms with Gasteiger partial charge in [0.1, 0.15) is 12.3 Å². The molecule has 0 aromatic carbocycles. The van der Waals surface area contributed by atoms with Gasteiger partial charge in [0, 0.05) is 12.7 Å². The molecule has 0 radical (unpaired) electrons. The summed E-state index contributed by atoms with van der Waals surface area (Å²) in [6.07, 6.45) is 4.06. The molecule has 0 aliphatic rings. The van der Waals surface area contributed by atoms with E-state index in [9.17, 15) is 14.7 Å². The molecule has 0 saturated carbocycles. The van der Waals surface area contributed by atoms with Gasteiger partial charge in [0.2, 0.25) is 0 Å². The zero-order valence-electron chi connectivity index (χ0n) is 10.7. The van der Waals surface area contributed by atoms with E-state index < -0.39 is 11.9 Å². The number of amides is 1. The maximum Gasteiger partial charge on any atom is 0.325 e. The number of carbonyl (C=O) groups is 2. The minimum Gasteiger partial charge on any atom is -0.505 e. The Morgan fingerprint density at radius 2 is 2.32 bits per heavy atom. The first-order valence-electron chi connectivity index (χ1n) is 5.78. The first-order chi connectivity index (χ1) is 9.10. The van der Waals surface area contributed by atoms with E-state index in [-0.39, 0.29) is 31.0 Å². The maximum absolute atomic E-state index is 12.2. The van der Waals surface area contributed by atoms with Gasteiger partial charge < -0.3 is 14.7 Å². The van der Waals surface area contributed by atoms with Crippen molar-refractivity contribution in [3.63, 3.8) is 0 Å². The molecule has 6 heteroatoms. The molecule has 0 unspecified atom stereocenters. The minimum absolute atomic E-state index is 0.0844. The number of carbonyl (C=O) groups excluding carboxylic acids is 2. The molecule has 1 N–H and O–H groups in total. The SMILES string of the molecule is C=CCN(CC(=O)OCC)C(=O)c1ccncc1O. The predicted octanol–water partition coefficient (Wildman–Crippen LogP) is 0.978. The highest BCUT2D eigenvalue weighted by Gasteiger charge is 2.20. The van der Waals surface area contributed by atoms with Crippen molar-refractivity contribution in [3.8, 4) is 5.75 Å². The van der Waals surface area contributed by atoms with Gasteiger partial charge in [-0.1, -0.05) is 6.08 Å². The van der Waals surface area contributed by atoms with Crippen molar-refractivity contribution in [2.75, 3.05) is 19.7 Å². The zero-order chi connectivity index (χ0) is 14.3. The molecule has 1 aromatic rings. The lowest BCUT2D eigenvalue weighted by Crippen LogP contribution is -2.36. The van der Waals surface area contributed by atoms with Crippen LogP contribution in [0.15, 0.2) is 31.1 Å². The molecule has 0 spiro atoms. The normalized spacial score (nSPS) is 9.74. The summed E-state index contributed by atoms with van der Waals surface area (Å²) in [5.41, 5.74) is 0.0844. The maximum atomic E-state index is 12.2. The predicted molar refractivity (Wildman–Crippen MR) is 68.6 cm³/mol. The highest BCUT2D eigenvalue weighted by Crippen LogP contribution is 2.16. The summed E-state index contributed by atoms with van der Waals surface area (Å²) in [4.78, 5) is 28.5. The molecule has 0 saturated heterocycles. The molecule has 1 amide bonds. The Balaban J connectivity index is 2.87. The van der Waals surface area contributed by atoms with E-state index in [1.54, 1.807) is 6.92 Å². The molecule has 1 rings (SSSR count). The Bertz CT molecular complexity index is 473. The van der Waals surface area contributed by atoms with Crippen LogP contribution in [0.4, 0.5) is 0 Å². The van der Waals surface area contributed by atoms with Crippen LogP contribution in [0.2, 0.25) is 0 Å². The summed E-state index contributed by atoms with van der Waals surface area (Å²) in [5, 5.41) is 9.58. The summed E-state index contributed by atoms with van der Waals surface area (Å²) in [6, 6.07) is 1.39. The number of aromatic nitrogens is 1. The highest BCUT2D eigenvalue weighted by atomic mass is 16.5. The van der Waals surface area contributed by atoms with Gasteiger partial charge >= 0.3 is 5.97 Å². The van der Waals surface area contributed by atoms with Gasteiger partial charge in [-0.15, -0.1) is 6.58 Å². The number of pyridine rings is 1. The van der Waals surface area contributed by atoms with Crippen LogP contribution >= 0.6 is 0 Å². The van der Waals surface area contributed by atoms with Crippen molar-refractivity contribution < 1.29 is 19.4 Å². The van der Waals surface area contributed by atoms with E-state index in [0.717, 1.165) is 0 Å². The van der Waals surface area contributed by atoms with Gasteiger partial charge in [0.25, 0.3) is 5.91 Å². The fourth-order valence-electron chi connectivity index (χ4n) is 1.47. The second-order valence-electron chi connectivity index (χ2n) is 3.67. The van der Waals surface area contributed by atoms with Crippen molar-refractivity contribution in [2.24, 2.45) is 0 Å². The molecule has 102 valence electrons. The number of hydrogen-bond acceptors (Lipinski definition) is 5. The minimum atomic E-state index is -0.508. The van der Waals surface area contributed by atoms with Crippen LogP contribution in [-0.4, -0.2) is 46.6 Å². The molecular formula is C13H16N2O4. The monoisotopic (exact) mass is 264 g/mol. The summed E-state index contributed by atoms with van der Waals surface area (Å²) in [7, 11) is 0. The largest absolute Gasteiger partial charge is 0.505 e. The third-order valence-electron chi connectivity index (χ3n) is 2.29. The second kappa shape index (κ2) is 7.15. The van der Waals surface area contributed by atoms with Crippen LogP contribution in [0.25, 0.3) is 0 Å². The fourth-order valence-corrected chi connectivity index (χ4v) is 1.47. The lowest BCUT2D eigenvalue weighted by atomic mass is 10.2. The second-order valence-corrected chi connectivity index (χ2v) is 3.67. The first-order valence-corrected chi connectivity index (χ1v) is 5.78. The molecule has 0 atom stereocenters. The summed E-state index contributed by atoms with van der Waals surface area (Å²) < 4.78 is 4.79. The van der Waals surface area contributed by atoms with Crippen molar-refractivity contribution in [3.05, 3.63) is 36.7 Å². The molecule has 0 bridgehead atoms. The Hall–Kier alpha value is -2.37. The first kappa shape index (κ1) is 14.7. The van der Waals surface area contributed by atoms with Crippen LogP contribution in [0.5, 0.6) is 5.75 Å². The summed E-state index contributed by atoms with van der Waals surface area (Å²) in [5.74, 6) is -1.22. The molecule has 1 aromatic heterocycles. The zero-order valence-corrected chi connectivity index (χ0v) is 10.7. The van der Waals surface area contributed by atoms with Crippen molar-refractivity contribution in [2.45, 2.75) is 6.92 Å². The molecule has 0 fully saturated rings. The van der Waals surface area contributed by atoms with E-state index in [0.29, 0.717) is 0 Å². The number of aromatic hydroxyl groups is 1. The molecule has 0 aliphatic carbocycles. The smallest absolute Gasteiger partial charge is 0.325 e. The van der Waals surface area contributed by atoms with Crippen LogP contribution in [0, 0.1) is 0 Å². The Morgan fingerprint density at radius 3 is 2.89 bits per heavy atom. The van der Waals surface area contributed by atoms with Gasteiger partial charge in [0.05, 0.1) is 18.4 Å². The van der Waals surface area contributed by atoms with Crippen molar-refractivity contribution in [1.29, 1.82) is 0 Å². The average molecular weight is 264 g/mol. The third kappa shape index (κ3) is 4.09. The van der Waals surface area contributed by atoms with E-state index in [4.69, 9.17) is 4.74 Å². The van der Waals surface area contributed by atoms with E-state index in [1.165, 1.54) is 29.4 Å².